The molecular formula is C14H11N5O2S3. The van der Waals surface area contributed by atoms with Crippen LogP contribution in [0.25, 0.3) is 22.2 Å². The summed E-state index contributed by atoms with van der Waals surface area (Å²) in [7, 11) is 0. The van der Waals surface area contributed by atoms with Crippen molar-refractivity contribution in [1.82, 2.24) is 25.3 Å². The number of rotatable bonds is 5. The van der Waals surface area contributed by atoms with Crippen LogP contribution in [0.3, 0.4) is 0 Å². The molecule has 4 aromatic heterocycles. The second-order valence-electron chi connectivity index (χ2n) is 4.83. The van der Waals surface area contributed by atoms with Gasteiger partial charge in [-0.25, -0.2) is 4.98 Å². The fourth-order valence-corrected chi connectivity index (χ4v) is 4.11. The van der Waals surface area contributed by atoms with Gasteiger partial charge in [-0.15, -0.1) is 21.5 Å². The van der Waals surface area contributed by atoms with Crippen LogP contribution >= 0.6 is 34.4 Å². The van der Waals surface area contributed by atoms with Gasteiger partial charge < -0.3 is 8.94 Å². The number of thiophene rings is 1. The van der Waals surface area contributed by atoms with Crippen LogP contribution in [0.2, 0.25) is 0 Å². The molecule has 0 aromatic carbocycles. The van der Waals surface area contributed by atoms with Crippen LogP contribution < -0.4 is 0 Å². The van der Waals surface area contributed by atoms with Crippen LogP contribution in [-0.2, 0) is 5.75 Å². The van der Waals surface area contributed by atoms with Gasteiger partial charge >= 0.3 is 0 Å². The number of hydrogen-bond donors (Lipinski definition) is 0. The average molecular weight is 377 g/mol. The molecule has 0 bridgehead atoms. The Balaban J connectivity index is 1.44. The van der Waals surface area contributed by atoms with Crippen LogP contribution in [0, 0.1) is 13.8 Å². The smallest absolute Gasteiger partial charge is 0.277 e. The SMILES string of the molecule is Cc1nc(C)c(-c2nnc(SCc3nc(-c4ccsc4)no3)o2)s1. The molecule has 0 aliphatic heterocycles. The predicted molar refractivity (Wildman–Crippen MR) is 92.1 cm³/mol. The summed E-state index contributed by atoms with van der Waals surface area (Å²) in [4.78, 5) is 9.64. The highest BCUT2D eigenvalue weighted by atomic mass is 32.2. The lowest BCUT2D eigenvalue weighted by Crippen LogP contribution is -1.81. The molecule has 0 aliphatic rings. The van der Waals surface area contributed by atoms with Gasteiger partial charge in [0.25, 0.3) is 11.1 Å². The minimum Gasteiger partial charge on any atom is -0.410 e. The zero-order valence-electron chi connectivity index (χ0n) is 12.7. The maximum Gasteiger partial charge on any atom is 0.277 e. The van der Waals surface area contributed by atoms with Crippen molar-refractivity contribution >= 4 is 34.4 Å². The minimum absolute atomic E-state index is 0.464. The highest BCUT2D eigenvalue weighted by Gasteiger charge is 2.16. The lowest BCUT2D eigenvalue weighted by molar-refractivity contribution is 0.391. The largest absolute Gasteiger partial charge is 0.410 e. The van der Waals surface area contributed by atoms with E-state index in [9.17, 15) is 0 Å². The number of hydrogen-bond acceptors (Lipinski definition) is 10. The number of thioether (sulfide) groups is 1. The Kier molecular flexibility index (Phi) is 4.17. The molecule has 122 valence electrons. The van der Waals surface area contributed by atoms with Gasteiger partial charge in [-0.3, -0.25) is 0 Å². The molecular weight excluding hydrogens is 366 g/mol. The molecule has 0 amide bonds. The lowest BCUT2D eigenvalue weighted by atomic mass is 10.3. The summed E-state index contributed by atoms with van der Waals surface area (Å²) in [6, 6.07) is 1.95. The Bertz CT molecular complexity index is 957. The van der Waals surface area contributed by atoms with Gasteiger partial charge in [0.05, 0.1) is 16.5 Å². The summed E-state index contributed by atoms with van der Waals surface area (Å²) < 4.78 is 10.9. The number of nitrogens with zero attached hydrogens (tertiary/aromatic N) is 5. The monoisotopic (exact) mass is 377 g/mol. The van der Waals surface area contributed by atoms with Crippen LogP contribution in [0.1, 0.15) is 16.6 Å². The molecule has 0 unspecified atom stereocenters. The highest BCUT2D eigenvalue weighted by molar-refractivity contribution is 7.98. The van der Waals surface area contributed by atoms with Crippen LogP contribution in [-0.4, -0.2) is 25.3 Å². The van der Waals surface area contributed by atoms with Crippen molar-refractivity contribution in [1.29, 1.82) is 0 Å². The maximum atomic E-state index is 5.69. The molecule has 0 aliphatic carbocycles. The van der Waals surface area contributed by atoms with Gasteiger partial charge in [0.2, 0.25) is 11.7 Å². The van der Waals surface area contributed by atoms with E-state index in [4.69, 9.17) is 8.94 Å². The fraction of sp³-hybridized carbons (Fsp3) is 0.214. The molecule has 4 rings (SSSR count). The molecule has 4 aromatic rings. The van der Waals surface area contributed by atoms with Crippen molar-refractivity contribution in [3.05, 3.63) is 33.4 Å². The summed E-state index contributed by atoms with van der Waals surface area (Å²) >= 11 is 4.50. The van der Waals surface area contributed by atoms with Crippen molar-refractivity contribution in [2.24, 2.45) is 0 Å². The van der Waals surface area contributed by atoms with Crippen molar-refractivity contribution in [2.45, 2.75) is 24.8 Å². The van der Waals surface area contributed by atoms with Gasteiger partial charge in [-0.2, -0.15) is 16.3 Å². The zero-order chi connectivity index (χ0) is 16.5. The van der Waals surface area contributed by atoms with Crippen molar-refractivity contribution in [3.63, 3.8) is 0 Å². The zero-order valence-corrected chi connectivity index (χ0v) is 15.2. The van der Waals surface area contributed by atoms with Gasteiger partial charge in [-0.05, 0) is 25.3 Å². The Labute approximate surface area is 149 Å². The summed E-state index contributed by atoms with van der Waals surface area (Å²) in [5.74, 6) is 2.07. The normalized spacial score (nSPS) is 11.2. The molecule has 10 heteroatoms. The third kappa shape index (κ3) is 3.12. The second kappa shape index (κ2) is 6.46. The summed E-state index contributed by atoms with van der Waals surface area (Å²) in [5, 5.41) is 17.5. The summed E-state index contributed by atoms with van der Waals surface area (Å²) in [6.07, 6.45) is 0. The van der Waals surface area contributed by atoms with Gasteiger partial charge in [0.15, 0.2) is 0 Å². The average Bonchev–Trinajstić information content (AvgIpc) is 3.33. The van der Waals surface area contributed by atoms with E-state index < -0.39 is 0 Å². The Morgan fingerprint density at radius 1 is 1.21 bits per heavy atom. The van der Waals surface area contributed by atoms with E-state index in [1.54, 1.807) is 22.7 Å². The molecule has 0 N–H and O–H groups in total. The molecule has 0 saturated carbocycles. The molecule has 0 radical (unpaired) electrons. The summed E-state index contributed by atoms with van der Waals surface area (Å²) in [6.45, 7) is 3.88. The van der Waals surface area contributed by atoms with Gasteiger partial charge in [0, 0.05) is 10.9 Å². The van der Waals surface area contributed by atoms with Crippen molar-refractivity contribution in [2.75, 3.05) is 0 Å². The Hall–Kier alpha value is -2.04. The van der Waals surface area contributed by atoms with Crippen LogP contribution in [0.4, 0.5) is 0 Å². The second-order valence-corrected chi connectivity index (χ2v) is 7.74. The topological polar surface area (TPSA) is 90.7 Å². The number of aromatic nitrogens is 5. The van der Waals surface area contributed by atoms with Gasteiger partial charge in [0.1, 0.15) is 4.88 Å². The third-order valence-electron chi connectivity index (χ3n) is 3.07. The Morgan fingerprint density at radius 3 is 2.88 bits per heavy atom. The van der Waals surface area contributed by atoms with Crippen molar-refractivity contribution in [3.8, 4) is 22.2 Å². The predicted octanol–water partition coefficient (Wildman–Crippen LogP) is 4.21. The van der Waals surface area contributed by atoms with E-state index >= 15 is 0 Å². The fourth-order valence-electron chi connectivity index (χ4n) is 2.04. The van der Waals surface area contributed by atoms with Crippen LogP contribution in [0.5, 0.6) is 0 Å². The molecule has 0 spiro atoms. The molecule has 0 fully saturated rings. The number of thiazole rings is 1. The Morgan fingerprint density at radius 2 is 2.12 bits per heavy atom. The molecule has 7 nitrogen and oxygen atoms in total. The lowest BCUT2D eigenvalue weighted by Gasteiger charge is -1.90. The van der Waals surface area contributed by atoms with E-state index in [0.717, 1.165) is 21.1 Å². The maximum absolute atomic E-state index is 5.69. The molecule has 4 heterocycles. The van der Waals surface area contributed by atoms with E-state index in [-0.39, 0.29) is 0 Å². The van der Waals surface area contributed by atoms with Gasteiger partial charge in [-0.1, -0.05) is 16.9 Å². The quantitative estimate of drug-likeness (QED) is 0.478. The van der Waals surface area contributed by atoms with E-state index in [1.165, 1.54) is 11.8 Å². The third-order valence-corrected chi connectivity index (χ3v) is 5.62. The van der Waals surface area contributed by atoms with Crippen molar-refractivity contribution < 1.29 is 8.94 Å². The molecule has 0 atom stereocenters. The minimum atomic E-state index is 0.464. The first kappa shape index (κ1) is 15.5. The molecule has 24 heavy (non-hydrogen) atoms. The molecule has 0 saturated heterocycles. The summed E-state index contributed by atoms with van der Waals surface area (Å²) in [5.41, 5.74) is 1.85. The van der Waals surface area contributed by atoms with E-state index in [1.807, 2.05) is 30.7 Å². The first-order valence-corrected chi connectivity index (χ1v) is 9.69. The van der Waals surface area contributed by atoms with E-state index in [2.05, 4.69) is 25.3 Å². The van der Waals surface area contributed by atoms with E-state index in [0.29, 0.717) is 28.6 Å². The first-order valence-electron chi connectivity index (χ1n) is 6.95. The van der Waals surface area contributed by atoms with Crippen LogP contribution in [0.15, 0.2) is 31.0 Å². The number of aryl methyl sites for hydroxylation is 2. The first-order chi connectivity index (χ1) is 11.7. The standard InChI is InChI=1S/C14H11N5O2S3/c1-7-11(24-8(2)15-7)13-17-18-14(20-13)23-6-10-16-12(19-21-10)9-3-4-22-5-9/h3-5H,6H2,1-2H3. The highest BCUT2D eigenvalue weighted by Crippen LogP contribution is 2.31.